The van der Waals surface area contributed by atoms with Gasteiger partial charge >= 0.3 is 12.2 Å². The van der Waals surface area contributed by atoms with Crippen LogP contribution in [0.4, 0.5) is 41.1 Å². The Morgan fingerprint density at radius 3 is 1.65 bits per heavy atom. The third-order valence-electron chi connectivity index (χ3n) is 7.15. The number of hydrogen-bond acceptors (Lipinski definition) is 10. The lowest BCUT2D eigenvalue weighted by Crippen LogP contribution is -2.36. The zero-order chi connectivity index (χ0) is 43.2. The molecule has 4 saturated heterocycles. The molecule has 14 nitrogen and oxygen atoms in total. The molecule has 2 N–H and O–H groups in total. The van der Waals surface area contributed by atoms with E-state index in [0.717, 1.165) is 24.0 Å². The second-order valence-corrected chi connectivity index (χ2v) is 10.6. The number of morpholine rings is 2. The van der Waals surface area contributed by atoms with Gasteiger partial charge in [0.1, 0.15) is 23.8 Å². The Kier molecular flexibility index (Phi) is 7.83. The summed E-state index contributed by atoms with van der Waals surface area (Å²) in [7, 11) is 0. The Labute approximate surface area is 290 Å². The van der Waals surface area contributed by atoms with Gasteiger partial charge in [0.05, 0.1) is 88.8 Å². The third-order valence-corrected chi connectivity index (χ3v) is 7.15. The number of halogens is 2. The van der Waals surface area contributed by atoms with E-state index in [0.29, 0.717) is 0 Å². The second-order valence-electron chi connectivity index (χ2n) is 10.6. The minimum Gasteiger partial charge on any atom is -0.442 e. The zero-order valence-electron chi connectivity index (χ0n) is 35.9. The molecule has 4 amide bonds. The minimum atomic E-state index is -2.33. The van der Waals surface area contributed by atoms with Gasteiger partial charge in [0.2, 0.25) is 11.8 Å². The van der Waals surface area contributed by atoms with E-state index >= 15 is 0 Å². The fraction of sp³-hybridized carbons (Fsp3) is 0.500. The van der Waals surface area contributed by atoms with Gasteiger partial charge in [0.15, 0.2) is 0 Å². The summed E-state index contributed by atoms with van der Waals surface area (Å²) in [4.78, 5) is 51.0. The lowest BCUT2D eigenvalue weighted by molar-refractivity contribution is -0.120. The van der Waals surface area contributed by atoms with Gasteiger partial charge in [-0.15, -0.1) is 0 Å². The normalized spacial score (nSPS) is 28.5. The SMILES string of the molecule is [2H]C1([2H])CN(c2ccc(N3C[C@H](C([2H])([2H])NC(C)=O)OC3=O)cc2F)CC([2H])([2H])O1.[2H]C1([2H])CN(c2ccc(N3C[C@H](CNC(C)=O)OC3=O)cc2F)CC([2H])([2H])O1. The van der Waals surface area contributed by atoms with Gasteiger partial charge < -0.3 is 39.4 Å². The molecular weight excluding hydrogens is 634 g/mol. The van der Waals surface area contributed by atoms with Crippen LogP contribution in [0.25, 0.3) is 0 Å². The zero-order valence-corrected chi connectivity index (χ0v) is 25.9. The van der Waals surface area contributed by atoms with Crippen LogP contribution in [0.2, 0.25) is 0 Å². The largest absolute Gasteiger partial charge is 0.442 e. The highest BCUT2D eigenvalue weighted by molar-refractivity contribution is 5.91. The highest BCUT2D eigenvalue weighted by atomic mass is 19.1. The van der Waals surface area contributed by atoms with Gasteiger partial charge in [-0.25, -0.2) is 18.4 Å². The second kappa shape index (κ2) is 15.9. The molecule has 6 rings (SSSR count). The summed E-state index contributed by atoms with van der Waals surface area (Å²) in [6.45, 7) is -10.5. The van der Waals surface area contributed by atoms with E-state index in [1.165, 1.54) is 45.9 Å². The molecule has 0 bridgehead atoms. The number of nitrogens with zero attached hydrogens (tertiary/aromatic N) is 4. The fourth-order valence-corrected chi connectivity index (χ4v) is 4.86. The van der Waals surface area contributed by atoms with Crippen LogP contribution in [0.1, 0.15) is 27.6 Å². The number of carbonyl (C=O) groups is 4. The lowest BCUT2D eigenvalue weighted by Gasteiger charge is -2.29. The topological polar surface area (TPSA) is 142 Å². The smallest absolute Gasteiger partial charge is 0.414 e. The summed E-state index contributed by atoms with van der Waals surface area (Å²) in [5.41, 5.74) is 0.243. The van der Waals surface area contributed by atoms with Crippen LogP contribution >= 0.6 is 0 Å². The Balaban J connectivity index is 0.000000221. The summed E-state index contributed by atoms with van der Waals surface area (Å²) < 4.78 is 126. The van der Waals surface area contributed by atoms with Crippen molar-refractivity contribution in [1.82, 2.24) is 10.6 Å². The standard InChI is InChI=1S/2C16H20FN3O4/c2*1-11(21)18-9-13-10-20(16(22)24-13)12-2-3-15(14(17)8-12)19-4-6-23-7-5-19/h2*2-3,8,13H,4-7,9-10H2,1H3,(H,18,21)/t2*13-/m00/s1/i6D2,7D2,9D2;6D2,7D2. The predicted molar refractivity (Wildman–Crippen MR) is 171 cm³/mol. The number of hydrogen-bond donors (Lipinski definition) is 2. The van der Waals surface area contributed by atoms with Crippen molar-refractivity contribution in [3.63, 3.8) is 0 Å². The van der Waals surface area contributed by atoms with Gasteiger partial charge in [-0.1, -0.05) is 0 Å². The highest BCUT2D eigenvalue weighted by Gasteiger charge is 2.34. The molecule has 0 radical (unpaired) electrons. The summed E-state index contributed by atoms with van der Waals surface area (Å²) in [5, 5.41) is 4.61. The van der Waals surface area contributed by atoms with E-state index in [4.69, 9.17) is 32.7 Å². The summed E-state index contributed by atoms with van der Waals surface area (Å²) in [5.74, 6) is -2.46. The van der Waals surface area contributed by atoms with Gasteiger partial charge in [0, 0.05) is 40.0 Å². The first-order valence-corrected chi connectivity index (χ1v) is 14.6. The number of carbonyl (C=O) groups excluding carboxylic acids is 4. The molecule has 0 aliphatic carbocycles. The van der Waals surface area contributed by atoms with E-state index in [2.05, 4.69) is 10.6 Å². The molecule has 4 fully saturated rings. The maximum absolute atomic E-state index is 14.8. The maximum atomic E-state index is 14.8. The molecule has 4 aliphatic rings. The number of anilines is 4. The third kappa shape index (κ3) is 8.80. The number of amides is 4. The van der Waals surface area contributed by atoms with E-state index in [9.17, 15) is 28.0 Å². The average molecular weight is 685 g/mol. The molecule has 2 atom stereocenters. The Morgan fingerprint density at radius 1 is 0.771 bits per heavy atom. The molecule has 16 heteroatoms. The molecule has 0 unspecified atom stereocenters. The van der Waals surface area contributed by atoms with Crippen molar-refractivity contribution in [2.75, 3.05) is 98.1 Å². The quantitative estimate of drug-likeness (QED) is 0.425. The van der Waals surface area contributed by atoms with Crippen molar-refractivity contribution in [3.8, 4) is 0 Å². The first-order chi connectivity index (χ1) is 26.6. The van der Waals surface area contributed by atoms with E-state index < -0.39 is 87.8 Å². The van der Waals surface area contributed by atoms with Crippen LogP contribution in [-0.4, -0.2) is 115 Å². The van der Waals surface area contributed by atoms with Crippen molar-refractivity contribution in [2.24, 2.45) is 0 Å². The number of ether oxygens (including phenoxy) is 4. The Hall–Kier alpha value is -4.70. The van der Waals surface area contributed by atoms with Crippen LogP contribution in [0.3, 0.4) is 0 Å². The maximum Gasteiger partial charge on any atom is 0.414 e. The molecule has 0 saturated carbocycles. The van der Waals surface area contributed by atoms with Crippen LogP contribution < -0.4 is 30.2 Å². The van der Waals surface area contributed by atoms with Gasteiger partial charge in [-0.05, 0) is 36.4 Å². The average Bonchev–Trinajstić information content (AvgIpc) is 3.63. The molecule has 4 aliphatic heterocycles. The van der Waals surface area contributed by atoms with E-state index in [1.54, 1.807) is 0 Å². The molecule has 260 valence electrons. The molecule has 2 aromatic rings. The van der Waals surface area contributed by atoms with Crippen LogP contribution in [-0.2, 0) is 28.5 Å². The molecule has 2 aromatic carbocycles. The van der Waals surface area contributed by atoms with E-state index in [1.807, 2.05) is 0 Å². The molecular formula is C32H40F2N6O8. The van der Waals surface area contributed by atoms with Crippen molar-refractivity contribution in [3.05, 3.63) is 48.0 Å². The predicted octanol–water partition coefficient (Wildman–Crippen LogP) is 2.25. The highest BCUT2D eigenvalue weighted by Crippen LogP contribution is 2.30. The first kappa shape index (κ1) is 23.6. The summed E-state index contributed by atoms with van der Waals surface area (Å²) >= 11 is 0. The number of rotatable bonds is 8. The minimum absolute atomic E-state index is 0.00200. The number of benzene rings is 2. The molecule has 48 heavy (non-hydrogen) atoms. The van der Waals surface area contributed by atoms with Gasteiger partial charge in [-0.3, -0.25) is 19.4 Å². The Bertz CT molecular complexity index is 1900. The van der Waals surface area contributed by atoms with Crippen molar-refractivity contribution >= 4 is 46.8 Å². The van der Waals surface area contributed by atoms with Crippen LogP contribution in [0.15, 0.2) is 36.4 Å². The van der Waals surface area contributed by atoms with Crippen LogP contribution in [0, 0.1) is 11.6 Å². The van der Waals surface area contributed by atoms with Gasteiger partial charge in [-0.2, -0.15) is 0 Å². The van der Waals surface area contributed by atoms with Crippen molar-refractivity contribution in [2.45, 2.75) is 26.1 Å². The summed E-state index contributed by atoms with van der Waals surface area (Å²) in [6, 6.07) is 7.56. The Morgan fingerprint density at radius 2 is 1.21 bits per heavy atom. The number of cyclic esters (lactones) is 2. The molecule has 0 spiro atoms. The molecule has 0 aromatic heterocycles. The summed E-state index contributed by atoms with van der Waals surface area (Å²) in [6.07, 6.45) is -3.45. The van der Waals surface area contributed by atoms with E-state index in [-0.39, 0.29) is 61.4 Å². The lowest BCUT2D eigenvalue weighted by atomic mass is 10.2. The van der Waals surface area contributed by atoms with Gasteiger partial charge in [0.25, 0.3) is 0 Å². The van der Waals surface area contributed by atoms with Crippen molar-refractivity contribution in [1.29, 1.82) is 0 Å². The molecule has 4 heterocycles. The number of nitrogens with one attached hydrogen (secondary N) is 2. The first-order valence-electron chi connectivity index (χ1n) is 19.6. The fourth-order valence-electron chi connectivity index (χ4n) is 4.86. The van der Waals surface area contributed by atoms with Crippen LogP contribution in [0.5, 0.6) is 0 Å². The van der Waals surface area contributed by atoms with Crippen molar-refractivity contribution < 1.29 is 60.6 Å². The monoisotopic (exact) mass is 684 g/mol.